The van der Waals surface area contributed by atoms with Crippen molar-refractivity contribution in [3.63, 3.8) is 0 Å². The van der Waals surface area contributed by atoms with Gasteiger partial charge in [-0.1, -0.05) is 29.7 Å². The summed E-state index contributed by atoms with van der Waals surface area (Å²) in [6.07, 6.45) is 6.54. The van der Waals surface area contributed by atoms with Crippen LogP contribution in [0.1, 0.15) is 38.6 Å². The number of H-pyrrole nitrogens is 1. The molecule has 7 nitrogen and oxygen atoms in total. The number of hydrogen-bond donors (Lipinski definition) is 3. The van der Waals surface area contributed by atoms with Gasteiger partial charge < -0.3 is 15.2 Å². The van der Waals surface area contributed by atoms with Crippen LogP contribution < -0.4 is 10.7 Å². The number of nitrogens with zero attached hydrogens (tertiary/aromatic N) is 3. The van der Waals surface area contributed by atoms with Crippen LogP contribution in [0.5, 0.6) is 0 Å². The summed E-state index contributed by atoms with van der Waals surface area (Å²) in [7, 11) is 2.14. The number of piperazine rings is 1. The van der Waals surface area contributed by atoms with Gasteiger partial charge in [-0.3, -0.25) is 15.1 Å². The van der Waals surface area contributed by atoms with E-state index in [9.17, 15) is 4.79 Å². The summed E-state index contributed by atoms with van der Waals surface area (Å²) in [6.45, 7) is 6.93. The second kappa shape index (κ2) is 11.8. The first kappa shape index (κ1) is 25.4. The Hall–Kier alpha value is -3.70. The Kier molecular flexibility index (Phi) is 8.34. The van der Waals surface area contributed by atoms with Gasteiger partial charge in [0.25, 0.3) is 5.91 Å². The van der Waals surface area contributed by atoms with Gasteiger partial charge in [-0.25, -0.2) is 4.98 Å². The zero-order chi connectivity index (χ0) is 25.5. The highest BCUT2D eigenvalue weighted by molar-refractivity contribution is 6.31. The molecule has 0 spiro atoms. The zero-order valence-corrected chi connectivity index (χ0v) is 21.3. The molecule has 8 heteroatoms. The molecule has 4 rings (SSSR count). The number of imidazole rings is 1. The first-order valence-electron chi connectivity index (χ1n) is 11.8. The van der Waals surface area contributed by atoms with E-state index in [-0.39, 0.29) is 5.91 Å². The van der Waals surface area contributed by atoms with Crippen molar-refractivity contribution < 1.29 is 10.2 Å². The van der Waals surface area contributed by atoms with Crippen LogP contribution in [0, 0.1) is 18.8 Å². The van der Waals surface area contributed by atoms with Gasteiger partial charge in [-0.2, -0.15) is 0 Å². The van der Waals surface area contributed by atoms with Gasteiger partial charge in [0.05, 0.1) is 6.20 Å². The lowest BCUT2D eigenvalue weighted by molar-refractivity contribution is -0.104. The molecule has 0 saturated carbocycles. The third-order valence-electron chi connectivity index (χ3n) is 6.09. The number of hydrogen-bond acceptors (Lipinski definition) is 4. The van der Waals surface area contributed by atoms with Gasteiger partial charge >= 0.3 is 0 Å². The maximum Gasteiger partial charge on any atom is 0.255 e. The minimum atomic E-state index is -0.215. The molecule has 1 amide bonds. The van der Waals surface area contributed by atoms with E-state index in [1.165, 1.54) is 6.21 Å². The summed E-state index contributed by atoms with van der Waals surface area (Å²) in [5.41, 5.74) is 4.67. The fraction of sp³-hybridized carbons (Fsp3) is 0.250. The Bertz CT molecular complexity index is 1340. The molecular formula is C28H30ClN6O+. The number of benzene rings is 2. The summed E-state index contributed by atoms with van der Waals surface area (Å²) in [6, 6.07) is 11.2. The van der Waals surface area contributed by atoms with Crippen LogP contribution in [0.25, 0.3) is 6.08 Å². The number of allylic oxidation sites excluding steroid dienone is 1. The van der Waals surface area contributed by atoms with Crippen LogP contribution >= 0.6 is 11.6 Å². The van der Waals surface area contributed by atoms with Gasteiger partial charge in [0, 0.05) is 60.6 Å². The number of aromatic amines is 1. The standard InChI is InChI=1S/C28H29ClN6O/c1-20-5-6-22(16-21(20)7-10-25-18-31-27(32-25)4-3-11-30)28(36)33-24-9-8-23(26(29)17-24)19-35-14-12-34(2)13-15-35/h3-6,8-9,11,16-18,30H,12-15,19H2,1-2H3,(H,31,32)(H,33,36)/p+1/b4-3-,30-11?. The third kappa shape index (κ3) is 6.70. The second-order valence-electron chi connectivity index (χ2n) is 8.85. The van der Waals surface area contributed by atoms with E-state index in [4.69, 9.17) is 17.0 Å². The molecule has 1 fully saturated rings. The number of nitrogens with one attached hydrogen (secondary N) is 2. The van der Waals surface area contributed by atoms with Crippen LogP contribution in [0.4, 0.5) is 5.69 Å². The van der Waals surface area contributed by atoms with E-state index in [0.717, 1.165) is 49.4 Å². The Labute approximate surface area is 216 Å². The number of anilines is 1. The molecule has 2 aromatic carbocycles. The largest absolute Gasteiger partial charge is 0.332 e. The van der Waals surface area contributed by atoms with Crippen molar-refractivity contribution in [2.45, 2.75) is 13.5 Å². The van der Waals surface area contributed by atoms with Crippen LogP contribution in [0.2, 0.25) is 5.02 Å². The fourth-order valence-corrected chi connectivity index (χ4v) is 4.11. The van der Waals surface area contributed by atoms with Crippen molar-refractivity contribution in [2.75, 3.05) is 38.5 Å². The summed E-state index contributed by atoms with van der Waals surface area (Å²) in [5, 5.41) is 8.95. The molecule has 3 aromatic rings. The van der Waals surface area contributed by atoms with E-state index in [2.05, 4.69) is 44.0 Å². The number of amides is 1. The van der Waals surface area contributed by atoms with Crippen molar-refractivity contribution in [1.29, 1.82) is 0 Å². The fourth-order valence-electron chi connectivity index (χ4n) is 3.87. The van der Waals surface area contributed by atoms with Gasteiger partial charge in [0.15, 0.2) is 6.21 Å². The molecule has 184 valence electrons. The molecular weight excluding hydrogens is 472 g/mol. The Morgan fingerprint density at radius 2 is 2.00 bits per heavy atom. The third-order valence-corrected chi connectivity index (χ3v) is 6.44. The van der Waals surface area contributed by atoms with E-state index >= 15 is 0 Å². The van der Waals surface area contributed by atoms with Gasteiger partial charge in [-0.15, -0.1) is 0 Å². The number of aromatic nitrogens is 2. The van der Waals surface area contributed by atoms with Crippen molar-refractivity contribution in [3.8, 4) is 11.8 Å². The molecule has 1 aliphatic heterocycles. The summed E-state index contributed by atoms with van der Waals surface area (Å²) in [4.78, 5) is 25.0. The highest BCUT2D eigenvalue weighted by Gasteiger charge is 2.16. The molecule has 0 unspecified atom stereocenters. The van der Waals surface area contributed by atoms with Gasteiger partial charge in [0.2, 0.25) is 0 Å². The quantitative estimate of drug-likeness (QED) is 0.358. The predicted molar refractivity (Wildman–Crippen MR) is 145 cm³/mol. The molecule has 36 heavy (non-hydrogen) atoms. The molecule has 0 radical (unpaired) electrons. The minimum absolute atomic E-state index is 0.215. The average molecular weight is 502 g/mol. The lowest BCUT2D eigenvalue weighted by atomic mass is 10.0. The van der Waals surface area contributed by atoms with Crippen molar-refractivity contribution >= 4 is 35.5 Å². The Morgan fingerprint density at radius 3 is 2.75 bits per heavy atom. The maximum absolute atomic E-state index is 12.9. The van der Waals surface area contributed by atoms with Gasteiger partial charge in [0.1, 0.15) is 11.5 Å². The topological polar surface area (TPSA) is 89.8 Å². The van der Waals surface area contributed by atoms with E-state index in [0.29, 0.717) is 27.8 Å². The van der Waals surface area contributed by atoms with Crippen molar-refractivity contribution in [3.05, 3.63) is 87.5 Å². The summed E-state index contributed by atoms with van der Waals surface area (Å²) >= 11 is 6.56. The smallest absolute Gasteiger partial charge is 0.255 e. The van der Waals surface area contributed by atoms with Crippen LogP contribution in [-0.2, 0) is 6.54 Å². The molecule has 0 bridgehead atoms. The number of carbonyl (C=O) groups is 1. The first-order valence-corrected chi connectivity index (χ1v) is 12.2. The van der Waals surface area contributed by atoms with Gasteiger partial charge in [-0.05, 0) is 61.4 Å². The lowest BCUT2D eigenvalue weighted by Gasteiger charge is -2.32. The van der Waals surface area contributed by atoms with Crippen LogP contribution in [0.15, 0.2) is 48.7 Å². The monoisotopic (exact) mass is 501 g/mol. The van der Waals surface area contributed by atoms with E-state index < -0.39 is 0 Å². The highest BCUT2D eigenvalue weighted by atomic mass is 35.5. The normalized spacial score (nSPS) is 14.4. The second-order valence-corrected chi connectivity index (χ2v) is 9.26. The lowest BCUT2D eigenvalue weighted by Crippen LogP contribution is -2.43. The van der Waals surface area contributed by atoms with E-state index in [1.807, 2.05) is 31.2 Å². The Balaban J connectivity index is 1.43. The molecule has 0 atom stereocenters. The highest BCUT2D eigenvalue weighted by Crippen LogP contribution is 2.23. The molecule has 1 aromatic heterocycles. The predicted octanol–water partition coefficient (Wildman–Crippen LogP) is 2.61. The Morgan fingerprint density at radius 1 is 1.19 bits per heavy atom. The molecule has 2 heterocycles. The van der Waals surface area contributed by atoms with E-state index in [1.54, 1.807) is 30.5 Å². The molecule has 0 aliphatic carbocycles. The summed E-state index contributed by atoms with van der Waals surface area (Å²) in [5.74, 6) is 6.64. The first-order chi connectivity index (χ1) is 17.4. The van der Waals surface area contributed by atoms with Crippen molar-refractivity contribution in [2.24, 2.45) is 0 Å². The number of nitrogens with two attached hydrogens (primary N) is 1. The average Bonchev–Trinajstić information content (AvgIpc) is 3.33. The number of likely N-dealkylation sites (N-methyl/N-ethyl adjacent to an activating group) is 1. The zero-order valence-electron chi connectivity index (χ0n) is 20.5. The summed E-state index contributed by atoms with van der Waals surface area (Å²) < 4.78 is 0. The number of rotatable bonds is 6. The molecule has 1 aliphatic rings. The number of halogens is 1. The molecule has 1 saturated heterocycles. The SMILES string of the molecule is Cc1ccc(C(=O)Nc2ccc(CN3CCN(C)CC3)c(Cl)c2)cc1C#Cc1cnc(/C=C\C=[NH2+])[nH]1. The maximum atomic E-state index is 12.9. The van der Waals surface area contributed by atoms with Crippen molar-refractivity contribution in [1.82, 2.24) is 19.8 Å². The molecule has 4 N–H and O–H groups in total. The van der Waals surface area contributed by atoms with Crippen LogP contribution in [-0.4, -0.2) is 65.1 Å². The number of aryl methyl sites for hydroxylation is 1. The number of carbonyl (C=O) groups excluding carboxylic acids is 1. The van der Waals surface area contributed by atoms with Crippen LogP contribution in [0.3, 0.4) is 0 Å². The minimum Gasteiger partial charge on any atom is -0.332 e.